The van der Waals surface area contributed by atoms with Crippen molar-refractivity contribution in [3.8, 4) is 11.4 Å². The molecular weight excluding hydrogens is 356 g/mol. The lowest BCUT2D eigenvalue weighted by Gasteiger charge is -2.24. The summed E-state index contributed by atoms with van der Waals surface area (Å²) in [4.78, 5) is 19.3. The van der Waals surface area contributed by atoms with Crippen molar-refractivity contribution in [2.75, 3.05) is 11.9 Å². The third kappa shape index (κ3) is 4.99. The second-order valence-corrected chi connectivity index (χ2v) is 7.35. The van der Waals surface area contributed by atoms with E-state index in [0.717, 1.165) is 18.7 Å². The van der Waals surface area contributed by atoms with Crippen molar-refractivity contribution in [3.05, 3.63) is 65.7 Å². The average molecular weight is 381 g/mol. The van der Waals surface area contributed by atoms with E-state index in [1.807, 2.05) is 54.6 Å². The molecule has 1 heterocycles. The Balaban J connectivity index is 1.64. The summed E-state index contributed by atoms with van der Waals surface area (Å²) in [5, 5.41) is 3.33. The minimum Gasteiger partial charge on any atom is -0.297 e. The average Bonchev–Trinajstić information content (AvgIpc) is 3.15. The van der Waals surface area contributed by atoms with Crippen LogP contribution in [0.25, 0.3) is 11.4 Å². The van der Waals surface area contributed by atoms with Gasteiger partial charge in [0.2, 0.25) is 5.13 Å². The van der Waals surface area contributed by atoms with E-state index in [2.05, 4.69) is 40.3 Å². The number of aromatic nitrogens is 2. The highest BCUT2D eigenvalue weighted by Gasteiger charge is 2.12. The molecule has 0 atom stereocenters. The smallest absolute Gasteiger partial charge is 0.257 e. The van der Waals surface area contributed by atoms with E-state index in [4.69, 9.17) is 0 Å². The van der Waals surface area contributed by atoms with Gasteiger partial charge < -0.3 is 0 Å². The fourth-order valence-electron chi connectivity index (χ4n) is 2.80. The molecule has 1 N–H and O–H groups in total. The van der Waals surface area contributed by atoms with Crippen molar-refractivity contribution >= 4 is 22.6 Å². The zero-order valence-electron chi connectivity index (χ0n) is 15.8. The van der Waals surface area contributed by atoms with Gasteiger partial charge in [-0.1, -0.05) is 49.4 Å². The van der Waals surface area contributed by atoms with Crippen LogP contribution in [0.3, 0.4) is 0 Å². The molecule has 27 heavy (non-hydrogen) atoms. The summed E-state index contributed by atoms with van der Waals surface area (Å²) in [7, 11) is 0. The number of hydrogen-bond donors (Lipinski definition) is 1. The second kappa shape index (κ2) is 8.88. The monoisotopic (exact) mass is 380 g/mol. The van der Waals surface area contributed by atoms with E-state index in [9.17, 15) is 4.79 Å². The molecule has 3 aromatic rings. The standard InChI is InChI=1S/C21H24N4OS/c1-4-25(15(2)3)14-16-10-12-18(13-11-16)20(26)23-21-22-19(24-27-21)17-8-6-5-7-9-17/h5-13,15H,4,14H2,1-3H3,(H,22,23,24,26). The quantitative estimate of drug-likeness (QED) is 0.646. The minimum absolute atomic E-state index is 0.173. The summed E-state index contributed by atoms with van der Waals surface area (Å²) >= 11 is 1.19. The summed E-state index contributed by atoms with van der Waals surface area (Å²) < 4.78 is 4.32. The first kappa shape index (κ1) is 19.2. The van der Waals surface area contributed by atoms with Crippen LogP contribution in [0.1, 0.15) is 36.7 Å². The Morgan fingerprint density at radius 3 is 2.44 bits per heavy atom. The molecule has 0 aliphatic carbocycles. The van der Waals surface area contributed by atoms with Crippen LogP contribution in [0.15, 0.2) is 54.6 Å². The molecule has 0 saturated carbocycles. The maximum Gasteiger partial charge on any atom is 0.257 e. The molecule has 1 amide bonds. The van der Waals surface area contributed by atoms with Crippen LogP contribution in [0.2, 0.25) is 0 Å². The Labute approximate surface area is 164 Å². The molecule has 1 aromatic heterocycles. The van der Waals surface area contributed by atoms with Crippen LogP contribution in [-0.4, -0.2) is 32.8 Å². The van der Waals surface area contributed by atoms with Gasteiger partial charge >= 0.3 is 0 Å². The molecule has 0 aliphatic heterocycles. The van der Waals surface area contributed by atoms with E-state index in [-0.39, 0.29) is 5.91 Å². The molecule has 0 aliphatic rings. The lowest BCUT2D eigenvalue weighted by Crippen LogP contribution is -2.29. The molecule has 0 bridgehead atoms. The third-order valence-corrected chi connectivity index (χ3v) is 5.05. The first-order chi connectivity index (χ1) is 13.1. The second-order valence-electron chi connectivity index (χ2n) is 6.60. The van der Waals surface area contributed by atoms with Gasteiger partial charge in [-0.05, 0) is 38.1 Å². The predicted molar refractivity (Wildman–Crippen MR) is 111 cm³/mol. The molecule has 3 rings (SSSR count). The third-order valence-electron chi connectivity index (χ3n) is 4.42. The number of carbonyl (C=O) groups is 1. The van der Waals surface area contributed by atoms with Crippen LogP contribution in [0, 0.1) is 0 Å². The predicted octanol–water partition coefficient (Wildman–Crippen LogP) is 4.69. The topological polar surface area (TPSA) is 58.1 Å². The molecular formula is C21H24N4OS. The minimum atomic E-state index is -0.173. The van der Waals surface area contributed by atoms with Crippen LogP contribution < -0.4 is 5.32 Å². The zero-order valence-corrected chi connectivity index (χ0v) is 16.7. The molecule has 0 spiro atoms. The van der Waals surface area contributed by atoms with Crippen LogP contribution >= 0.6 is 11.5 Å². The number of rotatable bonds is 7. The maximum absolute atomic E-state index is 12.5. The van der Waals surface area contributed by atoms with Gasteiger partial charge in [0.1, 0.15) is 0 Å². The van der Waals surface area contributed by atoms with Gasteiger partial charge in [0.05, 0.1) is 0 Å². The summed E-state index contributed by atoms with van der Waals surface area (Å²) in [6.07, 6.45) is 0. The molecule has 0 radical (unpaired) electrons. The van der Waals surface area contributed by atoms with Gasteiger partial charge in [-0.25, -0.2) is 0 Å². The summed E-state index contributed by atoms with van der Waals surface area (Å²) in [5.74, 6) is 0.452. The van der Waals surface area contributed by atoms with E-state index < -0.39 is 0 Å². The zero-order chi connectivity index (χ0) is 19.2. The molecule has 0 saturated heterocycles. The van der Waals surface area contributed by atoms with Gasteiger partial charge in [0.25, 0.3) is 5.91 Å². The van der Waals surface area contributed by atoms with E-state index in [1.54, 1.807) is 0 Å². The Hall–Kier alpha value is -2.57. The lowest BCUT2D eigenvalue weighted by atomic mass is 10.1. The van der Waals surface area contributed by atoms with E-state index >= 15 is 0 Å². The Kier molecular flexibility index (Phi) is 6.32. The summed E-state index contributed by atoms with van der Waals surface area (Å²) in [5.41, 5.74) is 2.75. The van der Waals surface area contributed by atoms with Gasteiger partial charge in [-0.3, -0.25) is 15.0 Å². The number of amides is 1. The largest absolute Gasteiger partial charge is 0.297 e. The maximum atomic E-state index is 12.5. The number of hydrogen-bond acceptors (Lipinski definition) is 5. The number of nitrogens with zero attached hydrogens (tertiary/aromatic N) is 3. The fraction of sp³-hybridized carbons (Fsp3) is 0.286. The summed E-state index contributed by atoms with van der Waals surface area (Å²) in [6, 6.07) is 18.0. The first-order valence-corrected chi connectivity index (χ1v) is 9.87. The van der Waals surface area contributed by atoms with Gasteiger partial charge in [0.15, 0.2) is 5.82 Å². The number of nitrogens with one attached hydrogen (secondary N) is 1. The lowest BCUT2D eigenvalue weighted by molar-refractivity contribution is 0.102. The molecule has 2 aromatic carbocycles. The van der Waals surface area contributed by atoms with Crippen molar-refractivity contribution in [2.45, 2.75) is 33.4 Å². The van der Waals surface area contributed by atoms with Crippen molar-refractivity contribution < 1.29 is 4.79 Å². The number of anilines is 1. The van der Waals surface area contributed by atoms with Crippen molar-refractivity contribution in [2.24, 2.45) is 0 Å². The van der Waals surface area contributed by atoms with Crippen molar-refractivity contribution in [1.82, 2.24) is 14.3 Å². The highest BCUT2D eigenvalue weighted by Crippen LogP contribution is 2.21. The Bertz CT molecular complexity index is 875. The number of carbonyl (C=O) groups excluding carboxylic acids is 1. The molecule has 6 heteroatoms. The van der Waals surface area contributed by atoms with Crippen LogP contribution in [-0.2, 0) is 6.54 Å². The highest BCUT2D eigenvalue weighted by atomic mass is 32.1. The Morgan fingerprint density at radius 2 is 1.81 bits per heavy atom. The van der Waals surface area contributed by atoms with Crippen LogP contribution in [0.5, 0.6) is 0 Å². The molecule has 140 valence electrons. The van der Waals surface area contributed by atoms with Gasteiger partial charge in [0, 0.05) is 35.2 Å². The van der Waals surface area contributed by atoms with Gasteiger partial charge in [-0.15, -0.1) is 0 Å². The molecule has 0 fully saturated rings. The van der Waals surface area contributed by atoms with E-state index in [0.29, 0.717) is 22.6 Å². The fourth-order valence-corrected chi connectivity index (χ4v) is 3.39. The highest BCUT2D eigenvalue weighted by molar-refractivity contribution is 7.10. The number of benzene rings is 2. The van der Waals surface area contributed by atoms with E-state index in [1.165, 1.54) is 17.1 Å². The Morgan fingerprint density at radius 1 is 1.11 bits per heavy atom. The van der Waals surface area contributed by atoms with Crippen LogP contribution in [0.4, 0.5) is 5.13 Å². The van der Waals surface area contributed by atoms with Crippen molar-refractivity contribution in [1.29, 1.82) is 0 Å². The summed E-state index contributed by atoms with van der Waals surface area (Å²) in [6.45, 7) is 8.43. The normalized spacial score (nSPS) is 11.1. The van der Waals surface area contributed by atoms with Crippen molar-refractivity contribution in [3.63, 3.8) is 0 Å². The first-order valence-electron chi connectivity index (χ1n) is 9.10. The van der Waals surface area contributed by atoms with Gasteiger partial charge in [-0.2, -0.15) is 9.36 Å². The molecule has 0 unspecified atom stereocenters. The molecule has 5 nitrogen and oxygen atoms in total. The SMILES string of the molecule is CCN(Cc1ccc(C(=O)Nc2nc(-c3ccccc3)ns2)cc1)C(C)C.